The Morgan fingerprint density at radius 2 is 2.07 bits per heavy atom. The van der Waals surface area contributed by atoms with Crippen LogP contribution in [0.5, 0.6) is 0 Å². The Labute approximate surface area is 181 Å². The van der Waals surface area contributed by atoms with Crippen LogP contribution >= 0.6 is 11.3 Å². The number of aromatic nitrogens is 3. The largest absolute Gasteiger partial charge is 0.377 e. The molecule has 0 bridgehead atoms. The van der Waals surface area contributed by atoms with Gasteiger partial charge in [0.1, 0.15) is 0 Å². The van der Waals surface area contributed by atoms with Crippen molar-refractivity contribution in [2.24, 2.45) is 0 Å². The third kappa shape index (κ3) is 4.32. The maximum Gasteiger partial charge on any atom is 0.229 e. The summed E-state index contributed by atoms with van der Waals surface area (Å²) in [5.41, 5.74) is 5.22. The number of carbonyl (C=O) groups excluding carboxylic acids is 1. The van der Waals surface area contributed by atoms with Crippen LogP contribution in [0.1, 0.15) is 46.2 Å². The minimum absolute atomic E-state index is 0.103. The van der Waals surface area contributed by atoms with Gasteiger partial charge in [-0.2, -0.15) is 5.10 Å². The van der Waals surface area contributed by atoms with E-state index in [4.69, 9.17) is 9.84 Å². The number of morpholine rings is 1. The summed E-state index contributed by atoms with van der Waals surface area (Å²) in [7, 11) is 0. The van der Waals surface area contributed by atoms with Gasteiger partial charge in [0.25, 0.3) is 0 Å². The van der Waals surface area contributed by atoms with Gasteiger partial charge >= 0.3 is 0 Å². The number of benzene rings is 1. The molecule has 7 heteroatoms. The number of aryl methyl sites for hydroxylation is 2. The van der Waals surface area contributed by atoms with Gasteiger partial charge in [0.2, 0.25) is 5.91 Å². The van der Waals surface area contributed by atoms with Crippen LogP contribution in [0.25, 0.3) is 0 Å². The summed E-state index contributed by atoms with van der Waals surface area (Å²) in [6.45, 7) is 8.57. The number of nitrogens with zero attached hydrogens (tertiary/aromatic N) is 4. The van der Waals surface area contributed by atoms with Crippen molar-refractivity contribution in [3.63, 3.8) is 0 Å². The molecule has 1 fully saturated rings. The van der Waals surface area contributed by atoms with Crippen LogP contribution < -0.4 is 0 Å². The molecular formula is C23H28N4O2S. The monoisotopic (exact) mass is 424 g/mol. The maximum absolute atomic E-state index is 13.2. The second-order valence-electron chi connectivity index (χ2n) is 7.67. The molecule has 1 unspecified atom stereocenters. The zero-order chi connectivity index (χ0) is 21.1. The van der Waals surface area contributed by atoms with Crippen LogP contribution in [0.4, 0.5) is 0 Å². The summed E-state index contributed by atoms with van der Waals surface area (Å²) in [5, 5.41) is 7.86. The van der Waals surface area contributed by atoms with E-state index in [0.717, 1.165) is 34.1 Å². The first-order chi connectivity index (χ1) is 14.6. The highest BCUT2D eigenvalue weighted by atomic mass is 32.1. The van der Waals surface area contributed by atoms with Gasteiger partial charge in [-0.3, -0.25) is 9.48 Å². The molecule has 0 saturated carbocycles. The summed E-state index contributed by atoms with van der Waals surface area (Å²) in [4.78, 5) is 19.7. The van der Waals surface area contributed by atoms with Crippen molar-refractivity contribution in [2.45, 2.75) is 46.2 Å². The van der Waals surface area contributed by atoms with Crippen molar-refractivity contribution < 1.29 is 9.53 Å². The molecule has 158 valence electrons. The molecule has 1 aliphatic rings. The first-order valence-electron chi connectivity index (χ1n) is 10.4. The minimum atomic E-state index is -0.111. The van der Waals surface area contributed by atoms with E-state index in [2.05, 4.69) is 31.0 Å². The quantitative estimate of drug-likeness (QED) is 0.605. The highest BCUT2D eigenvalue weighted by molar-refractivity contribution is 7.09. The van der Waals surface area contributed by atoms with Gasteiger partial charge in [-0.25, -0.2) is 4.98 Å². The smallest absolute Gasteiger partial charge is 0.229 e. The van der Waals surface area contributed by atoms with Crippen molar-refractivity contribution in [1.29, 1.82) is 0 Å². The Morgan fingerprint density at radius 1 is 1.27 bits per heavy atom. The van der Waals surface area contributed by atoms with Gasteiger partial charge in [-0.15, -0.1) is 11.3 Å². The molecule has 1 saturated heterocycles. The van der Waals surface area contributed by atoms with E-state index in [-0.39, 0.29) is 11.9 Å². The van der Waals surface area contributed by atoms with Crippen LogP contribution in [-0.2, 0) is 28.9 Å². The summed E-state index contributed by atoms with van der Waals surface area (Å²) >= 11 is 1.62. The fraction of sp³-hybridized carbons (Fsp3) is 0.435. The number of amides is 1. The summed E-state index contributed by atoms with van der Waals surface area (Å²) in [5.74, 6) is 0.103. The average Bonchev–Trinajstić information content (AvgIpc) is 3.32. The van der Waals surface area contributed by atoms with Crippen LogP contribution in [0, 0.1) is 13.8 Å². The Hall–Kier alpha value is -2.51. The van der Waals surface area contributed by atoms with Crippen LogP contribution in [0.3, 0.4) is 0 Å². The van der Waals surface area contributed by atoms with Gasteiger partial charge in [0.05, 0.1) is 48.6 Å². The molecule has 3 heterocycles. The molecule has 1 aromatic carbocycles. The lowest BCUT2D eigenvalue weighted by Gasteiger charge is -2.36. The molecule has 1 aliphatic heterocycles. The van der Waals surface area contributed by atoms with E-state index < -0.39 is 0 Å². The lowest BCUT2D eigenvalue weighted by atomic mass is 10.0. The fourth-order valence-electron chi connectivity index (χ4n) is 4.09. The van der Waals surface area contributed by atoms with Crippen molar-refractivity contribution >= 4 is 17.2 Å². The van der Waals surface area contributed by atoms with Crippen LogP contribution in [-0.4, -0.2) is 45.3 Å². The molecule has 1 amide bonds. The van der Waals surface area contributed by atoms with Gasteiger partial charge in [-0.05, 0) is 25.8 Å². The lowest BCUT2D eigenvalue weighted by molar-refractivity contribution is -0.139. The number of hydrogen-bond donors (Lipinski definition) is 0. The standard InChI is InChI=1S/C23H28N4O2S/c1-4-21-24-19(15-30-21)12-22(28)26-10-11-29-14-20(26)23-16(2)25-27(17(23)3)13-18-8-6-5-7-9-18/h5-9,15,20H,4,10-14H2,1-3H3. The topological polar surface area (TPSA) is 60.3 Å². The third-order valence-corrected chi connectivity index (χ3v) is 6.67. The molecular weight excluding hydrogens is 396 g/mol. The number of carbonyl (C=O) groups is 1. The predicted molar refractivity (Wildman–Crippen MR) is 118 cm³/mol. The van der Waals surface area contributed by atoms with Crippen LogP contribution in [0.15, 0.2) is 35.7 Å². The zero-order valence-corrected chi connectivity index (χ0v) is 18.6. The number of hydrogen-bond acceptors (Lipinski definition) is 5. The summed E-state index contributed by atoms with van der Waals surface area (Å²) in [6, 6.07) is 10.2. The molecule has 3 aromatic rings. The highest BCUT2D eigenvalue weighted by Gasteiger charge is 2.33. The Bertz CT molecular complexity index is 1010. The van der Waals surface area contributed by atoms with E-state index in [9.17, 15) is 4.79 Å². The molecule has 1 atom stereocenters. The van der Waals surface area contributed by atoms with Gasteiger partial charge in [-0.1, -0.05) is 37.3 Å². The molecule has 6 nitrogen and oxygen atoms in total. The Balaban J connectivity index is 1.57. The average molecular weight is 425 g/mol. The summed E-state index contributed by atoms with van der Waals surface area (Å²) in [6.07, 6.45) is 1.24. The molecule has 2 aromatic heterocycles. The van der Waals surface area contributed by atoms with E-state index in [0.29, 0.717) is 32.7 Å². The van der Waals surface area contributed by atoms with Gasteiger partial charge in [0.15, 0.2) is 0 Å². The SMILES string of the molecule is CCc1nc(CC(=O)N2CCOCC2c2c(C)nn(Cc3ccccc3)c2C)cs1. The van der Waals surface area contributed by atoms with Crippen LogP contribution in [0.2, 0.25) is 0 Å². The van der Waals surface area contributed by atoms with E-state index in [1.807, 2.05) is 40.1 Å². The fourth-order valence-corrected chi connectivity index (χ4v) is 4.84. The van der Waals surface area contributed by atoms with E-state index >= 15 is 0 Å². The number of ether oxygens (including phenoxy) is 1. The van der Waals surface area contributed by atoms with Gasteiger partial charge < -0.3 is 9.64 Å². The number of rotatable bonds is 6. The molecule has 0 N–H and O–H groups in total. The normalized spacial score (nSPS) is 16.8. The lowest BCUT2D eigenvalue weighted by Crippen LogP contribution is -2.44. The van der Waals surface area contributed by atoms with Crippen molar-refractivity contribution in [1.82, 2.24) is 19.7 Å². The Morgan fingerprint density at radius 3 is 2.80 bits per heavy atom. The molecule has 4 rings (SSSR count). The molecule has 0 spiro atoms. The molecule has 0 radical (unpaired) electrons. The first-order valence-corrected chi connectivity index (χ1v) is 11.3. The van der Waals surface area contributed by atoms with Gasteiger partial charge in [0, 0.05) is 23.2 Å². The van der Waals surface area contributed by atoms with E-state index in [1.54, 1.807) is 11.3 Å². The zero-order valence-electron chi connectivity index (χ0n) is 17.8. The number of thiazole rings is 1. The summed E-state index contributed by atoms with van der Waals surface area (Å²) < 4.78 is 7.81. The van der Waals surface area contributed by atoms with E-state index in [1.165, 1.54) is 5.56 Å². The maximum atomic E-state index is 13.2. The van der Waals surface area contributed by atoms with Crippen molar-refractivity contribution in [2.75, 3.05) is 19.8 Å². The first kappa shape index (κ1) is 20.8. The second-order valence-corrected chi connectivity index (χ2v) is 8.61. The second kappa shape index (κ2) is 9.10. The van der Waals surface area contributed by atoms with Crippen molar-refractivity contribution in [3.8, 4) is 0 Å². The molecule has 30 heavy (non-hydrogen) atoms. The minimum Gasteiger partial charge on any atom is -0.377 e. The highest BCUT2D eigenvalue weighted by Crippen LogP contribution is 2.30. The van der Waals surface area contributed by atoms with Crippen molar-refractivity contribution in [3.05, 3.63) is 68.9 Å². The predicted octanol–water partition coefficient (Wildman–Crippen LogP) is 3.71. The third-order valence-electron chi connectivity index (χ3n) is 5.63. The Kier molecular flexibility index (Phi) is 6.29. The molecule has 0 aliphatic carbocycles.